The van der Waals surface area contributed by atoms with E-state index in [0.717, 1.165) is 22.4 Å². The second-order valence-electron chi connectivity index (χ2n) is 8.85. The number of urea groups is 1. The second kappa shape index (κ2) is 10.5. The van der Waals surface area contributed by atoms with Crippen molar-refractivity contribution in [3.8, 4) is 0 Å². The van der Waals surface area contributed by atoms with E-state index in [9.17, 15) is 4.79 Å². The average Bonchev–Trinajstić information content (AvgIpc) is 3.30. The van der Waals surface area contributed by atoms with Crippen LogP contribution in [0.4, 0.5) is 22.2 Å². The molecule has 0 atom stereocenters. The first-order chi connectivity index (χ1) is 17.6. The van der Waals surface area contributed by atoms with Crippen LogP contribution in [-0.4, -0.2) is 63.2 Å². The molecule has 9 heteroatoms. The summed E-state index contributed by atoms with van der Waals surface area (Å²) in [6.07, 6.45) is 3.60. The Kier molecular flexibility index (Phi) is 6.79. The van der Waals surface area contributed by atoms with Gasteiger partial charge in [0, 0.05) is 38.4 Å². The minimum absolute atomic E-state index is 0.0918. The molecule has 4 aromatic rings. The summed E-state index contributed by atoms with van der Waals surface area (Å²) in [5.41, 5.74) is 4.59. The number of fused-ring (bicyclic) bond motifs is 1. The van der Waals surface area contributed by atoms with Gasteiger partial charge in [-0.25, -0.2) is 9.78 Å². The van der Waals surface area contributed by atoms with Gasteiger partial charge in [-0.1, -0.05) is 48.5 Å². The molecular weight excluding hydrogens is 452 g/mol. The fraction of sp³-hybridized carbons (Fsp3) is 0.259. The molecule has 2 aromatic heterocycles. The Morgan fingerprint density at radius 3 is 2.61 bits per heavy atom. The van der Waals surface area contributed by atoms with Crippen LogP contribution in [0.1, 0.15) is 11.1 Å². The molecule has 0 spiro atoms. The van der Waals surface area contributed by atoms with Gasteiger partial charge >= 0.3 is 6.03 Å². The maximum Gasteiger partial charge on any atom is 0.321 e. The van der Waals surface area contributed by atoms with Crippen LogP contribution in [0.3, 0.4) is 0 Å². The minimum Gasteiger partial charge on any atom is -0.365 e. The number of amides is 2. The molecule has 0 aliphatic carbocycles. The molecule has 0 unspecified atom stereocenters. The number of piperazine rings is 1. The molecule has 2 N–H and O–H groups in total. The molecule has 2 aromatic carbocycles. The summed E-state index contributed by atoms with van der Waals surface area (Å²) >= 11 is 0. The number of hydrogen-bond donors (Lipinski definition) is 2. The van der Waals surface area contributed by atoms with Crippen molar-refractivity contribution in [1.29, 1.82) is 0 Å². The predicted octanol–water partition coefficient (Wildman–Crippen LogP) is 4.14. The lowest BCUT2D eigenvalue weighted by Gasteiger charge is -2.34. The van der Waals surface area contributed by atoms with E-state index in [2.05, 4.69) is 39.2 Å². The highest BCUT2D eigenvalue weighted by Crippen LogP contribution is 2.24. The second-order valence-corrected chi connectivity index (χ2v) is 8.85. The van der Waals surface area contributed by atoms with Crippen LogP contribution in [0, 0.1) is 6.92 Å². The number of benzene rings is 2. The Hall–Kier alpha value is -4.40. The molecule has 1 saturated heterocycles. The van der Waals surface area contributed by atoms with Crippen molar-refractivity contribution in [2.75, 3.05) is 48.3 Å². The monoisotopic (exact) mass is 482 g/mol. The number of nitrogens with zero attached hydrogens (tertiary/aromatic N) is 6. The van der Waals surface area contributed by atoms with E-state index in [4.69, 9.17) is 9.97 Å². The Morgan fingerprint density at radius 1 is 1.06 bits per heavy atom. The summed E-state index contributed by atoms with van der Waals surface area (Å²) in [5, 5.41) is 6.30. The van der Waals surface area contributed by atoms with Crippen molar-refractivity contribution in [3.63, 3.8) is 0 Å². The number of imidazole rings is 1. The van der Waals surface area contributed by atoms with Gasteiger partial charge in [0.25, 0.3) is 0 Å². The highest BCUT2D eigenvalue weighted by Gasteiger charge is 2.24. The molecule has 1 aliphatic rings. The van der Waals surface area contributed by atoms with Crippen molar-refractivity contribution in [2.24, 2.45) is 0 Å². The van der Waals surface area contributed by atoms with E-state index in [1.165, 1.54) is 5.56 Å². The van der Waals surface area contributed by atoms with Crippen LogP contribution in [0.15, 0.2) is 73.6 Å². The van der Waals surface area contributed by atoms with Crippen LogP contribution in [-0.2, 0) is 6.54 Å². The van der Waals surface area contributed by atoms with Gasteiger partial charge in [0.2, 0.25) is 5.95 Å². The zero-order valence-electron chi connectivity index (χ0n) is 20.4. The van der Waals surface area contributed by atoms with E-state index in [1.54, 1.807) is 6.08 Å². The fourth-order valence-corrected chi connectivity index (χ4v) is 4.30. The summed E-state index contributed by atoms with van der Waals surface area (Å²) in [4.78, 5) is 31.0. The van der Waals surface area contributed by atoms with E-state index in [0.29, 0.717) is 51.0 Å². The molecule has 9 nitrogen and oxygen atoms in total. The zero-order chi connectivity index (χ0) is 24.9. The van der Waals surface area contributed by atoms with E-state index >= 15 is 0 Å². The quantitative estimate of drug-likeness (QED) is 0.385. The van der Waals surface area contributed by atoms with Crippen molar-refractivity contribution in [1.82, 2.24) is 24.4 Å². The topological polar surface area (TPSA) is 91.2 Å². The van der Waals surface area contributed by atoms with Gasteiger partial charge in [-0.05, 0) is 30.2 Å². The average molecular weight is 483 g/mol. The van der Waals surface area contributed by atoms with Crippen molar-refractivity contribution in [3.05, 3.63) is 84.7 Å². The van der Waals surface area contributed by atoms with E-state index in [1.807, 2.05) is 65.2 Å². The van der Waals surface area contributed by atoms with Crippen molar-refractivity contribution >= 4 is 34.6 Å². The number of anilines is 3. The molecule has 2 amide bonds. The van der Waals surface area contributed by atoms with Gasteiger partial charge in [0.1, 0.15) is 0 Å². The maximum absolute atomic E-state index is 12.8. The molecule has 1 fully saturated rings. The minimum atomic E-state index is -0.0918. The van der Waals surface area contributed by atoms with Gasteiger partial charge in [-0.3, -0.25) is 0 Å². The summed E-state index contributed by atoms with van der Waals surface area (Å²) in [6, 6.07) is 18.0. The number of aromatic nitrogens is 4. The fourth-order valence-electron chi connectivity index (χ4n) is 4.30. The van der Waals surface area contributed by atoms with Crippen LogP contribution in [0.2, 0.25) is 0 Å². The standard InChI is InChI=1S/C27H30N8O/c1-3-12-28-24-23-25(35(19-29-23)18-21-9-5-4-6-10-21)32-26(31-24)33-13-15-34(16-14-33)27(36)30-22-11-7-8-20(2)17-22/h3-11,17,19H,1,12-16,18H2,2H3,(H,30,36)(H,28,31,32). The van der Waals surface area contributed by atoms with Crippen LogP contribution in [0.25, 0.3) is 11.2 Å². The summed E-state index contributed by atoms with van der Waals surface area (Å²) in [5.74, 6) is 1.31. The summed E-state index contributed by atoms with van der Waals surface area (Å²) < 4.78 is 2.04. The molecule has 1 aliphatic heterocycles. The lowest BCUT2D eigenvalue weighted by atomic mass is 10.2. The van der Waals surface area contributed by atoms with E-state index < -0.39 is 0 Å². The van der Waals surface area contributed by atoms with Crippen LogP contribution >= 0.6 is 0 Å². The Balaban J connectivity index is 1.34. The smallest absolute Gasteiger partial charge is 0.321 e. The van der Waals surface area contributed by atoms with Gasteiger partial charge in [0.05, 0.1) is 12.9 Å². The number of carbonyl (C=O) groups is 1. The number of carbonyl (C=O) groups excluding carboxylic acids is 1. The van der Waals surface area contributed by atoms with Crippen LogP contribution < -0.4 is 15.5 Å². The lowest BCUT2D eigenvalue weighted by molar-refractivity contribution is 0.208. The molecule has 0 bridgehead atoms. The van der Waals surface area contributed by atoms with Crippen LogP contribution in [0.5, 0.6) is 0 Å². The van der Waals surface area contributed by atoms with Crippen molar-refractivity contribution < 1.29 is 4.79 Å². The molecule has 184 valence electrons. The third kappa shape index (κ3) is 5.14. The third-order valence-electron chi connectivity index (χ3n) is 6.18. The number of nitrogens with one attached hydrogen (secondary N) is 2. The van der Waals surface area contributed by atoms with Gasteiger partial charge in [0.15, 0.2) is 17.0 Å². The first-order valence-corrected chi connectivity index (χ1v) is 12.1. The molecule has 36 heavy (non-hydrogen) atoms. The first-order valence-electron chi connectivity index (χ1n) is 12.1. The molecular formula is C27H30N8O. The summed E-state index contributed by atoms with van der Waals surface area (Å²) in [7, 11) is 0. The first kappa shape index (κ1) is 23.3. The highest BCUT2D eigenvalue weighted by molar-refractivity contribution is 5.89. The normalized spacial score (nSPS) is 13.6. The predicted molar refractivity (Wildman–Crippen MR) is 144 cm³/mol. The third-order valence-corrected chi connectivity index (χ3v) is 6.18. The Morgan fingerprint density at radius 2 is 1.86 bits per heavy atom. The molecule has 3 heterocycles. The Bertz CT molecular complexity index is 1360. The Labute approximate surface area is 210 Å². The van der Waals surface area contributed by atoms with E-state index in [-0.39, 0.29) is 6.03 Å². The SMILES string of the molecule is C=CCNc1nc(N2CCN(C(=O)Nc3cccc(C)c3)CC2)nc2c1ncn2Cc1ccccc1. The van der Waals surface area contributed by atoms with Crippen molar-refractivity contribution in [2.45, 2.75) is 13.5 Å². The van der Waals surface area contributed by atoms with Gasteiger partial charge in [-0.15, -0.1) is 6.58 Å². The molecule has 0 saturated carbocycles. The number of aryl methyl sites for hydroxylation is 1. The number of hydrogen-bond acceptors (Lipinski definition) is 6. The molecule has 0 radical (unpaired) electrons. The lowest BCUT2D eigenvalue weighted by Crippen LogP contribution is -2.50. The largest absolute Gasteiger partial charge is 0.365 e. The maximum atomic E-state index is 12.8. The van der Waals surface area contributed by atoms with Gasteiger partial charge < -0.3 is 25.0 Å². The molecule has 5 rings (SSSR count). The number of rotatable bonds is 7. The zero-order valence-corrected chi connectivity index (χ0v) is 20.4. The summed E-state index contributed by atoms with van der Waals surface area (Å²) in [6.45, 7) is 9.50. The van der Waals surface area contributed by atoms with Gasteiger partial charge in [-0.2, -0.15) is 9.97 Å². The highest BCUT2D eigenvalue weighted by atomic mass is 16.2.